The van der Waals surface area contributed by atoms with Crippen LogP contribution >= 0.6 is 11.3 Å². The monoisotopic (exact) mass is 465 g/mol. The molecule has 0 aliphatic carbocycles. The summed E-state index contributed by atoms with van der Waals surface area (Å²) in [7, 11) is -3.55. The fraction of sp³-hybridized carbons (Fsp3) is 0.167. The summed E-state index contributed by atoms with van der Waals surface area (Å²) in [4.78, 5) is 17.6. The number of aromatic nitrogens is 1. The predicted molar refractivity (Wildman–Crippen MR) is 130 cm³/mol. The van der Waals surface area contributed by atoms with E-state index in [-0.39, 0.29) is 10.8 Å². The maximum atomic E-state index is 12.7. The third-order valence-electron chi connectivity index (χ3n) is 5.12. The van der Waals surface area contributed by atoms with E-state index in [1.54, 1.807) is 25.2 Å². The van der Waals surface area contributed by atoms with Gasteiger partial charge in [-0.15, -0.1) is 11.3 Å². The highest BCUT2D eigenvalue weighted by Crippen LogP contribution is 2.31. The Labute approximate surface area is 191 Å². The zero-order valence-corrected chi connectivity index (χ0v) is 19.4. The third kappa shape index (κ3) is 4.43. The van der Waals surface area contributed by atoms with Gasteiger partial charge in [0, 0.05) is 29.9 Å². The first-order valence-electron chi connectivity index (χ1n) is 10.3. The van der Waals surface area contributed by atoms with Crippen LogP contribution in [0.1, 0.15) is 24.2 Å². The third-order valence-corrected chi connectivity index (χ3v) is 8.27. The summed E-state index contributed by atoms with van der Waals surface area (Å²) in [5, 5.41) is 3.77. The summed E-state index contributed by atoms with van der Waals surface area (Å²) in [5.74, 6) is -0.307. The lowest BCUT2D eigenvalue weighted by atomic mass is 10.2. The van der Waals surface area contributed by atoms with Crippen LogP contribution in [-0.2, 0) is 10.0 Å². The molecule has 8 heteroatoms. The van der Waals surface area contributed by atoms with E-state index in [0.717, 1.165) is 20.8 Å². The largest absolute Gasteiger partial charge is 0.322 e. The highest BCUT2D eigenvalue weighted by Gasteiger charge is 2.21. The molecule has 1 heterocycles. The first kappa shape index (κ1) is 22.1. The van der Waals surface area contributed by atoms with Crippen LogP contribution in [0.15, 0.2) is 77.7 Å². The van der Waals surface area contributed by atoms with Crippen LogP contribution in [0.25, 0.3) is 20.8 Å². The zero-order chi connectivity index (χ0) is 22.7. The molecule has 0 radical (unpaired) electrons. The van der Waals surface area contributed by atoms with E-state index >= 15 is 0 Å². The summed E-state index contributed by atoms with van der Waals surface area (Å²) < 4.78 is 27.7. The summed E-state index contributed by atoms with van der Waals surface area (Å²) >= 11 is 1.60. The average molecular weight is 466 g/mol. The van der Waals surface area contributed by atoms with E-state index in [4.69, 9.17) is 0 Å². The van der Waals surface area contributed by atoms with Gasteiger partial charge in [0.15, 0.2) is 0 Å². The molecule has 6 nitrogen and oxygen atoms in total. The van der Waals surface area contributed by atoms with Gasteiger partial charge in [0.25, 0.3) is 5.91 Å². The molecule has 32 heavy (non-hydrogen) atoms. The number of carbonyl (C=O) groups is 1. The maximum Gasteiger partial charge on any atom is 0.255 e. The van der Waals surface area contributed by atoms with Gasteiger partial charge >= 0.3 is 0 Å². The first-order valence-corrected chi connectivity index (χ1v) is 12.6. The maximum absolute atomic E-state index is 12.7. The van der Waals surface area contributed by atoms with Crippen molar-refractivity contribution in [3.05, 3.63) is 78.4 Å². The number of para-hydroxylation sites is 1. The van der Waals surface area contributed by atoms with Crippen molar-refractivity contribution in [3.8, 4) is 10.6 Å². The number of hydrogen-bond acceptors (Lipinski definition) is 5. The fourth-order valence-electron chi connectivity index (χ4n) is 3.42. The van der Waals surface area contributed by atoms with Gasteiger partial charge in [-0.2, -0.15) is 4.31 Å². The standard InChI is InChI=1S/C24H23N3O3S2/c1-3-27(4-2)32(29,30)20-14-12-17(13-15-20)23(28)25-19-9-7-8-18(16-19)24-26-21-10-5-6-11-22(21)31-24/h5-16H,3-4H2,1-2H3,(H,25,28). The average Bonchev–Trinajstić information content (AvgIpc) is 3.24. The Bertz CT molecular complexity index is 1330. The number of thiazole rings is 1. The molecule has 0 fully saturated rings. The molecule has 164 valence electrons. The SMILES string of the molecule is CCN(CC)S(=O)(=O)c1ccc(C(=O)Nc2cccc(-c3nc4ccccc4s3)c2)cc1. The van der Waals surface area contributed by atoms with Gasteiger partial charge in [0.1, 0.15) is 5.01 Å². The number of sulfonamides is 1. The summed E-state index contributed by atoms with van der Waals surface area (Å²) in [6.07, 6.45) is 0. The van der Waals surface area contributed by atoms with E-state index in [1.165, 1.54) is 28.6 Å². The fourth-order valence-corrected chi connectivity index (χ4v) is 5.84. The number of fused-ring (bicyclic) bond motifs is 1. The highest BCUT2D eigenvalue weighted by molar-refractivity contribution is 7.89. The van der Waals surface area contributed by atoms with Crippen molar-refractivity contribution in [2.45, 2.75) is 18.7 Å². The lowest BCUT2D eigenvalue weighted by Crippen LogP contribution is -2.30. The summed E-state index contributed by atoms with van der Waals surface area (Å²) in [6, 6.07) is 21.5. The number of nitrogens with zero attached hydrogens (tertiary/aromatic N) is 2. The predicted octanol–water partition coefficient (Wildman–Crippen LogP) is 5.25. The molecule has 1 aromatic heterocycles. The van der Waals surface area contributed by atoms with E-state index in [2.05, 4.69) is 10.3 Å². The van der Waals surface area contributed by atoms with Crippen LogP contribution in [0.2, 0.25) is 0 Å². The van der Waals surface area contributed by atoms with Crippen molar-refractivity contribution >= 4 is 43.2 Å². The van der Waals surface area contributed by atoms with Crippen molar-refractivity contribution in [2.75, 3.05) is 18.4 Å². The molecule has 0 aliphatic heterocycles. The van der Waals surface area contributed by atoms with Gasteiger partial charge in [-0.25, -0.2) is 13.4 Å². The number of rotatable bonds is 7. The number of anilines is 1. The van der Waals surface area contributed by atoms with E-state index in [1.807, 2.05) is 48.5 Å². The Morgan fingerprint density at radius 1 is 0.969 bits per heavy atom. The van der Waals surface area contributed by atoms with Gasteiger partial charge in [0.2, 0.25) is 10.0 Å². The van der Waals surface area contributed by atoms with Gasteiger partial charge in [-0.05, 0) is 48.5 Å². The van der Waals surface area contributed by atoms with Crippen molar-refractivity contribution in [1.29, 1.82) is 0 Å². The van der Waals surface area contributed by atoms with Gasteiger partial charge in [0.05, 0.1) is 15.1 Å². The van der Waals surface area contributed by atoms with E-state index in [0.29, 0.717) is 24.3 Å². The Hall–Kier alpha value is -3.07. The molecule has 0 atom stereocenters. The summed E-state index contributed by atoms with van der Waals surface area (Å²) in [6.45, 7) is 4.38. The van der Waals surface area contributed by atoms with Crippen molar-refractivity contribution < 1.29 is 13.2 Å². The second kappa shape index (κ2) is 9.20. The Kier molecular flexibility index (Phi) is 6.36. The molecule has 4 rings (SSSR count). The molecule has 0 saturated heterocycles. The molecule has 0 unspecified atom stereocenters. The second-order valence-corrected chi connectivity index (χ2v) is 10.1. The number of nitrogens with one attached hydrogen (secondary N) is 1. The molecule has 1 amide bonds. The normalized spacial score (nSPS) is 11.7. The van der Waals surface area contributed by atoms with Crippen LogP contribution < -0.4 is 5.32 Å². The van der Waals surface area contributed by atoms with Crippen LogP contribution in [0, 0.1) is 0 Å². The molecule has 0 spiro atoms. The topological polar surface area (TPSA) is 79.4 Å². The van der Waals surface area contributed by atoms with E-state index in [9.17, 15) is 13.2 Å². The second-order valence-electron chi connectivity index (χ2n) is 7.14. The summed E-state index contributed by atoms with van der Waals surface area (Å²) in [5.41, 5.74) is 2.90. The molecule has 0 saturated carbocycles. The number of carbonyl (C=O) groups excluding carboxylic acids is 1. The molecule has 0 bridgehead atoms. The van der Waals surface area contributed by atoms with Crippen LogP contribution in [-0.4, -0.2) is 36.7 Å². The lowest BCUT2D eigenvalue weighted by molar-refractivity contribution is 0.102. The van der Waals surface area contributed by atoms with Crippen molar-refractivity contribution in [2.24, 2.45) is 0 Å². The van der Waals surface area contributed by atoms with Crippen molar-refractivity contribution in [3.63, 3.8) is 0 Å². The minimum atomic E-state index is -3.55. The first-order chi connectivity index (χ1) is 15.4. The Morgan fingerprint density at radius 3 is 2.38 bits per heavy atom. The molecule has 0 aliphatic rings. The van der Waals surface area contributed by atoms with Crippen LogP contribution in [0.3, 0.4) is 0 Å². The highest BCUT2D eigenvalue weighted by atomic mass is 32.2. The van der Waals surface area contributed by atoms with Gasteiger partial charge in [-0.3, -0.25) is 4.79 Å². The number of benzene rings is 3. The molecular weight excluding hydrogens is 442 g/mol. The Balaban J connectivity index is 1.52. The smallest absolute Gasteiger partial charge is 0.255 e. The zero-order valence-electron chi connectivity index (χ0n) is 17.8. The van der Waals surface area contributed by atoms with Crippen LogP contribution in [0.4, 0.5) is 5.69 Å². The lowest BCUT2D eigenvalue weighted by Gasteiger charge is -2.18. The van der Waals surface area contributed by atoms with Crippen molar-refractivity contribution in [1.82, 2.24) is 9.29 Å². The molecule has 4 aromatic rings. The van der Waals surface area contributed by atoms with Gasteiger partial charge in [-0.1, -0.05) is 38.1 Å². The molecular formula is C24H23N3O3S2. The number of amides is 1. The minimum Gasteiger partial charge on any atom is -0.322 e. The minimum absolute atomic E-state index is 0.176. The molecule has 1 N–H and O–H groups in total. The Morgan fingerprint density at radius 2 is 1.69 bits per heavy atom. The van der Waals surface area contributed by atoms with Crippen LogP contribution in [0.5, 0.6) is 0 Å². The number of hydrogen-bond donors (Lipinski definition) is 1. The quantitative estimate of drug-likeness (QED) is 0.404. The van der Waals surface area contributed by atoms with E-state index < -0.39 is 10.0 Å². The molecule has 3 aromatic carbocycles. The van der Waals surface area contributed by atoms with Gasteiger partial charge < -0.3 is 5.32 Å².